The zero-order valence-electron chi connectivity index (χ0n) is 11.2. The van der Waals surface area contributed by atoms with E-state index in [2.05, 4.69) is 35.2 Å². The van der Waals surface area contributed by atoms with Crippen molar-refractivity contribution in [1.82, 2.24) is 15.1 Å². The largest absolute Gasteiger partial charge is 0.383 e. The summed E-state index contributed by atoms with van der Waals surface area (Å²) in [7, 11) is 1.72. The molecule has 0 amide bonds. The SMILES string of the molecule is COCCNCc1c(C)nn(CCSC)c1C. The van der Waals surface area contributed by atoms with Crippen LogP contribution in [0, 0.1) is 13.8 Å². The number of nitrogens with zero attached hydrogens (tertiary/aromatic N) is 2. The van der Waals surface area contributed by atoms with Crippen molar-refractivity contribution < 1.29 is 4.74 Å². The molecule has 0 bridgehead atoms. The van der Waals surface area contributed by atoms with Gasteiger partial charge in [0.15, 0.2) is 0 Å². The minimum absolute atomic E-state index is 0.749. The van der Waals surface area contributed by atoms with Gasteiger partial charge in [-0.15, -0.1) is 0 Å². The lowest BCUT2D eigenvalue weighted by molar-refractivity contribution is 0.199. The molecule has 5 heteroatoms. The number of ether oxygens (including phenoxy) is 1. The Balaban J connectivity index is 2.55. The summed E-state index contributed by atoms with van der Waals surface area (Å²) >= 11 is 1.85. The first kappa shape index (κ1) is 14.5. The van der Waals surface area contributed by atoms with Gasteiger partial charge in [-0.1, -0.05) is 0 Å². The van der Waals surface area contributed by atoms with E-state index in [1.54, 1.807) is 7.11 Å². The molecule has 1 heterocycles. The van der Waals surface area contributed by atoms with Crippen molar-refractivity contribution in [2.75, 3.05) is 32.3 Å². The van der Waals surface area contributed by atoms with Crippen LogP contribution in [0.25, 0.3) is 0 Å². The topological polar surface area (TPSA) is 39.1 Å². The first-order valence-electron chi connectivity index (χ1n) is 5.92. The fourth-order valence-electron chi connectivity index (χ4n) is 1.77. The van der Waals surface area contributed by atoms with Crippen LogP contribution in [0.5, 0.6) is 0 Å². The Morgan fingerprint density at radius 1 is 1.41 bits per heavy atom. The second-order valence-corrected chi connectivity index (χ2v) is 5.02. The van der Waals surface area contributed by atoms with E-state index in [9.17, 15) is 0 Å². The fraction of sp³-hybridized carbons (Fsp3) is 0.750. The Kier molecular flexibility index (Phi) is 6.62. The van der Waals surface area contributed by atoms with Gasteiger partial charge in [-0.3, -0.25) is 4.68 Å². The first-order chi connectivity index (χ1) is 8.20. The highest BCUT2D eigenvalue weighted by Gasteiger charge is 2.10. The van der Waals surface area contributed by atoms with E-state index in [0.717, 1.165) is 37.7 Å². The highest BCUT2D eigenvalue weighted by Crippen LogP contribution is 2.13. The molecule has 0 spiro atoms. The van der Waals surface area contributed by atoms with Gasteiger partial charge in [-0.05, 0) is 20.1 Å². The van der Waals surface area contributed by atoms with E-state index in [0.29, 0.717) is 0 Å². The molecule has 0 aliphatic heterocycles. The van der Waals surface area contributed by atoms with Gasteiger partial charge in [-0.2, -0.15) is 16.9 Å². The van der Waals surface area contributed by atoms with E-state index in [1.807, 2.05) is 11.8 Å². The van der Waals surface area contributed by atoms with Crippen LogP contribution >= 0.6 is 11.8 Å². The van der Waals surface area contributed by atoms with Gasteiger partial charge in [0.1, 0.15) is 0 Å². The van der Waals surface area contributed by atoms with Crippen LogP contribution in [0.1, 0.15) is 17.0 Å². The maximum Gasteiger partial charge on any atom is 0.0641 e. The molecule has 0 fully saturated rings. The number of nitrogens with one attached hydrogen (secondary N) is 1. The number of aryl methyl sites for hydroxylation is 2. The van der Waals surface area contributed by atoms with Crippen molar-refractivity contribution in [3.8, 4) is 0 Å². The third-order valence-electron chi connectivity index (χ3n) is 2.82. The summed E-state index contributed by atoms with van der Waals surface area (Å²) in [4.78, 5) is 0. The van der Waals surface area contributed by atoms with Crippen molar-refractivity contribution in [3.05, 3.63) is 17.0 Å². The van der Waals surface area contributed by atoms with Crippen molar-refractivity contribution >= 4 is 11.8 Å². The molecule has 1 aromatic rings. The number of aromatic nitrogens is 2. The summed E-state index contributed by atoms with van der Waals surface area (Å²) in [5.74, 6) is 1.11. The number of hydrogen-bond donors (Lipinski definition) is 1. The van der Waals surface area contributed by atoms with E-state index in [-0.39, 0.29) is 0 Å². The minimum atomic E-state index is 0.749. The summed E-state index contributed by atoms with van der Waals surface area (Å²) in [6.07, 6.45) is 2.12. The third kappa shape index (κ3) is 4.33. The van der Waals surface area contributed by atoms with Crippen LogP contribution < -0.4 is 5.32 Å². The predicted octanol–water partition coefficient (Wildman–Crippen LogP) is 1.60. The van der Waals surface area contributed by atoms with Crippen LogP contribution in [0.3, 0.4) is 0 Å². The normalized spacial score (nSPS) is 11.1. The Morgan fingerprint density at radius 2 is 2.18 bits per heavy atom. The quantitative estimate of drug-likeness (QED) is 0.718. The van der Waals surface area contributed by atoms with Gasteiger partial charge in [0.25, 0.3) is 0 Å². The Hall–Kier alpha value is -0.520. The molecule has 0 unspecified atom stereocenters. The summed E-state index contributed by atoms with van der Waals surface area (Å²) < 4.78 is 7.12. The average molecular weight is 257 g/mol. The average Bonchev–Trinajstić information content (AvgIpc) is 2.58. The van der Waals surface area contributed by atoms with E-state index in [4.69, 9.17) is 4.74 Å². The standard InChI is InChI=1S/C12H23N3OS/c1-10-12(9-13-5-7-16-3)11(2)15(14-10)6-8-17-4/h13H,5-9H2,1-4H3. The van der Waals surface area contributed by atoms with Gasteiger partial charge in [0.2, 0.25) is 0 Å². The lowest BCUT2D eigenvalue weighted by Crippen LogP contribution is -2.19. The molecule has 0 aliphatic carbocycles. The maximum absolute atomic E-state index is 5.01. The molecular formula is C12H23N3OS. The first-order valence-corrected chi connectivity index (χ1v) is 7.31. The van der Waals surface area contributed by atoms with Crippen LogP contribution in [-0.2, 0) is 17.8 Å². The summed E-state index contributed by atoms with van der Waals surface area (Å²) in [6.45, 7) is 7.72. The van der Waals surface area contributed by atoms with Crippen molar-refractivity contribution in [2.45, 2.75) is 26.9 Å². The molecule has 0 saturated heterocycles. The molecule has 0 radical (unpaired) electrons. The van der Waals surface area contributed by atoms with Crippen LogP contribution in [0.15, 0.2) is 0 Å². The lowest BCUT2D eigenvalue weighted by Gasteiger charge is -2.06. The number of methoxy groups -OCH3 is 1. The molecule has 4 nitrogen and oxygen atoms in total. The molecule has 1 rings (SSSR count). The van der Waals surface area contributed by atoms with E-state index >= 15 is 0 Å². The summed E-state index contributed by atoms with van der Waals surface area (Å²) in [5, 5.41) is 7.95. The zero-order valence-corrected chi connectivity index (χ0v) is 12.1. The van der Waals surface area contributed by atoms with Gasteiger partial charge < -0.3 is 10.1 Å². The number of rotatable bonds is 8. The van der Waals surface area contributed by atoms with Crippen LogP contribution in [-0.4, -0.2) is 42.1 Å². The summed E-state index contributed by atoms with van der Waals surface area (Å²) in [5.41, 5.74) is 3.73. The molecule has 0 aromatic carbocycles. The lowest BCUT2D eigenvalue weighted by atomic mass is 10.2. The molecule has 0 saturated carbocycles. The maximum atomic E-state index is 5.01. The molecule has 98 valence electrons. The molecule has 17 heavy (non-hydrogen) atoms. The molecular weight excluding hydrogens is 234 g/mol. The number of hydrogen-bond acceptors (Lipinski definition) is 4. The van der Waals surface area contributed by atoms with Gasteiger partial charge in [0.05, 0.1) is 18.8 Å². The van der Waals surface area contributed by atoms with E-state index in [1.165, 1.54) is 11.3 Å². The van der Waals surface area contributed by atoms with Crippen LogP contribution in [0.2, 0.25) is 0 Å². The van der Waals surface area contributed by atoms with E-state index < -0.39 is 0 Å². The molecule has 1 aromatic heterocycles. The second-order valence-electron chi connectivity index (χ2n) is 4.03. The highest BCUT2D eigenvalue weighted by molar-refractivity contribution is 7.98. The Bertz CT molecular complexity index is 339. The Morgan fingerprint density at radius 3 is 2.82 bits per heavy atom. The Labute approximate surface area is 108 Å². The highest BCUT2D eigenvalue weighted by atomic mass is 32.2. The van der Waals surface area contributed by atoms with Crippen molar-refractivity contribution in [1.29, 1.82) is 0 Å². The van der Waals surface area contributed by atoms with Gasteiger partial charge in [0, 0.05) is 37.2 Å². The third-order valence-corrected chi connectivity index (χ3v) is 3.41. The van der Waals surface area contributed by atoms with Gasteiger partial charge >= 0.3 is 0 Å². The summed E-state index contributed by atoms with van der Waals surface area (Å²) in [6, 6.07) is 0. The van der Waals surface area contributed by atoms with Crippen molar-refractivity contribution in [3.63, 3.8) is 0 Å². The predicted molar refractivity (Wildman–Crippen MR) is 73.7 cm³/mol. The molecule has 1 N–H and O–H groups in total. The van der Waals surface area contributed by atoms with Crippen molar-refractivity contribution in [2.24, 2.45) is 0 Å². The minimum Gasteiger partial charge on any atom is -0.383 e. The smallest absolute Gasteiger partial charge is 0.0641 e. The fourth-order valence-corrected chi connectivity index (χ4v) is 2.13. The van der Waals surface area contributed by atoms with Gasteiger partial charge in [-0.25, -0.2) is 0 Å². The zero-order chi connectivity index (χ0) is 12.7. The molecule has 0 atom stereocenters. The number of thioether (sulfide) groups is 1. The van der Waals surface area contributed by atoms with Crippen LogP contribution in [0.4, 0.5) is 0 Å². The molecule has 0 aliphatic rings. The monoisotopic (exact) mass is 257 g/mol. The second kappa shape index (κ2) is 7.74.